The first-order valence-electron chi connectivity index (χ1n) is 8.81. The predicted molar refractivity (Wildman–Crippen MR) is 114 cm³/mol. The molecule has 0 amide bonds. The second-order valence-electron chi connectivity index (χ2n) is 6.64. The van der Waals surface area contributed by atoms with Crippen molar-refractivity contribution in [2.75, 3.05) is 26.7 Å². The molecular weight excluding hydrogens is 429 g/mol. The summed E-state index contributed by atoms with van der Waals surface area (Å²) in [7, 11) is 1.64. The topological polar surface area (TPSA) is 61.8 Å². The summed E-state index contributed by atoms with van der Waals surface area (Å²) < 4.78 is 5.30. The van der Waals surface area contributed by atoms with Gasteiger partial charge in [0.15, 0.2) is 5.96 Å². The lowest BCUT2D eigenvalue weighted by Gasteiger charge is -2.22. The lowest BCUT2D eigenvalue weighted by Crippen LogP contribution is -2.46. The Balaban J connectivity index is 0.00000312. The van der Waals surface area contributed by atoms with Crippen LogP contribution in [0.1, 0.15) is 33.3 Å². The molecule has 0 spiro atoms. The molecule has 0 aliphatic carbocycles. The van der Waals surface area contributed by atoms with Crippen molar-refractivity contribution in [3.63, 3.8) is 0 Å². The Bertz CT molecular complexity index is 552. The smallest absolute Gasteiger partial charge is 0.218 e. The van der Waals surface area contributed by atoms with Crippen LogP contribution >= 0.6 is 24.0 Å². The maximum absolute atomic E-state index is 5.30. The van der Waals surface area contributed by atoms with Crippen molar-refractivity contribution in [1.29, 1.82) is 0 Å². The van der Waals surface area contributed by atoms with Crippen molar-refractivity contribution in [2.24, 2.45) is 10.9 Å². The number of halogens is 1. The van der Waals surface area contributed by atoms with Crippen LogP contribution in [0.15, 0.2) is 23.3 Å². The molecule has 6 nitrogen and oxygen atoms in total. The summed E-state index contributed by atoms with van der Waals surface area (Å²) in [4.78, 5) is 11.5. The minimum absolute atomic E-state index is 0. The van der Waals surface area contributed by atoms with Crippen LogP contribution in [0.3, 0.4) is 0 Å². The quantitative estimate of drug-likeness (QED) is 0.387. The summed E-state index contributed by atoms with van der Waals surface area (Å²) >= 11 is 0. The molecule has 25 heavy (non-hydrogen) atoms. The molecule has 2 atom stereocenters. The molecular formula is C18H32IN5O. The third kappa shape index (κ3) is 6.29. The van der Waals surface area contributed by atoms with Gasteiger partial charge in [-0.15, -0.1) is 24.0 Å². The van der Waals surface area contributed by atoms with Crippen molar-refractivity contribution < 1.29 is 4.74 Å². The summed E-state index contributed by atoms with van der Waals surface area (Å²) in [5, 5.41) is 6.94. The number of nitrogens with zero attached hydrogens (tertiary/aromatic N) is 3. The Morgan fingerprint density at radius 1 is 1.44 bits per heavy atom. The zero-order valence-corrected chi connectivity index (χ0v) is 18.3. The summed E-state index contributed by atoms with van der Waals surface area (Å²) in [6, 6.07) is 4.91. The molecule has 142 valence electrons. The van der Waals surface area contributed by atoms with Crippen molar-refractivity contribution in [3.8, 4) is 5.88 Å². The van der Waals surface area contributed by atoms with Crippen molar-refractivity contribution in [1.82, 2.24) is 20.5 Å². The first kappa shape index (κ1) is 22.0. The van der Waals surface area contributed by atoms with Crippen LogP contribution in [-0.4, -0.2) is 54.7 Å². The lowest BCUT2D eigenvalue weighted by atomic mass is 10.1. The third-order valence-electron chi connectivity index (χ3n) is 4.49. The molecule has 0 saturated carbocycles. The van der Waals surface area contributed by atoms with E-state index in [9.17, 15) is 0 Å². The fourth-order valence-corrected chi connectivity index (χ4v) is 3.00. The Hall–Kier alpha value is -1.09. The van der Waals surface area contributed by atoms with E-state index < -0.39 is 0 Å². The Morgan fingerprint density at radius 3 is 2.80 bits per heavy atom. The first-order chi connectivity index (χ1) is 11.5. The number of aliphatic imine (C=N–C) groups is 1. The van der Waals surface area contributed by atoms with Crippen molar-refractivity contribution >= 4 is 29.9 Å². The highest BCUT2D eigenvalue weighted by Gasteiger charge is 2.31. The number of aromatic nitrogens is 1. The monoisotopic (exact) mass is 461 g/mol. The van der Waals surface area contributed by atoms with E-state index in [1.54, 1.807) is 13.3 Å². The molecule has 1 aromatic rings. The zero-order chi connectivity index (χ0) is 17.5. The molecule has 7 heteroatoms. The molecule has 2 rings (SSSR count). The molecule has 1 aliphatic rings. The fraction of sp³-hybridized carbons (Fsp3) is 0.667. The van der Waals surface area contributed by atoms with Crippen LogP contribution < -0.4 is 15.4 Å². The highest BCUT2D eigenvalue weighted by atomic mass is 127. The Morgan fingerprint density at radius 2 is 2.20 bits per heavy atom. The van der Waals surface area contributed by atoms with Crippen LogP contribution in [0.5, 0.6) is 5.88 Å². The number of ether oxygens (including phenoxy) is 1. The third-order valence-corrected chi connectivity index (χ3v) is 4.49. The minimum Gasteiger partial charge on any atom is -0.481 e. The number of hydrogen-bond donors (Lipinski definition) is 2. The van der Waals surface area contributed by atoms with Gasteiger partial charge in [0.05, 0.1) is 13.7 Å². The van der Waals surface area contributed by atoms with Gasteiger partial charge in [-0.1, -0.05) is 13.0 Å². The van der Waals surface area contributed by atoms with Gasteiger partial charge >= 0.3 is 0 Å². The van der Waals surface area contributed by atoms with Crippen molar-refractivity contribution in [2.45, 2.75) is 46.3 Å². The van der Waals surface area contributed by atoms with E-state index in [-0.39, 0.29) is 24.0 Å². The predicted octanol–water partition coefficient (Wildman–Crippen LogP) is 2.49. The molecule has 1 aliphatic heterocycles. The van der Waals surface area contributed by atoms with E-state index in [1.165, 1.54) is 0 Å². The lowest BCUT2D eigenvalue weighted by molar-refractivity contribution is 0.265. The summed E-state index contributed by atoms with van der Waals surface area (Å²) in [5.41, 5.74) is 0.987. The Kier molecular flexibility index (Phi) is 9.48. The van der Waals surface area contributed by atoms with Gasteiger partial charge in [0.2, 0.25) is 5.88 Å². The van der Waals surface area contributed by atoms with Crippen LogP contribution in [0, 0.1) is 5.92 Å². The van der Waals surface area contributed by atoms with E-state index in [2.05, 4.69) is 48.2 Å². The molecule has 1 saturated heterocycles. The summed E-state index contributed by atoms with van der Waals surface area (Å²) in [6.07, 6.45) is 1.73. The normalized spacial score (nSPS) is 21.1. The first-order valence-corrected chi connectivity index (χ1v) is 8.81. The largest absolute Gasteiger partial charge is 0.481 e. The number of likely N-dealkylation sites (tertiary alicyclic amines) is 1. The van der Waals surface area contributed by atoms with Gasteiger partial charge in [-0.2, -0.15) is 0 Å². The highest BCUT2D eigenvalue weighted by molar-refractivity contribution is 14.0. The van der Waals surface area contributed by atoms with Crippen LogP contribution in [-0.2, 0) is 6.54 Å². The van der Waals surface area contributed by atoms with Gasteiger partial charge in [0, 0.05) is 43.5 Å². The van der Waals surface area contributed by atoms with E-state index in [0.29, 0.717) is 30.4 Å². The van der Waals surface area contributed by atoms with Gasteiger partial charge < -0.3 is 15.4 Å². The maximum atomic E-state index is 5.30. The summed E-state index contributed by atoms with van der Waals surface area (Å²) in [5.74, 6) is 2.09. The van der Waals surface area contributed by atoms with Crippen LogP contribution in [0.25, 0.3) is 0 Å². The van der Waals surface area contributed by atoms with E-state index >= 15 is 0 Å². The van der Waals surface area contributed by atoms with Gasteiger partial charge in [-0.05, 0) is 32.8 Å². The molecule has 1 fully saturated rings. The average Bonchev–Trinajstić information content (AvgIpc) is 2.94. The number of guanidine groups is 1. The molecule has 1 aromatic heterocycles. The molecule has 2 N–H and O–H groups in total. The van der Waals surface area contributed by atoms with Crippen LogP contribution in [0.4, 0.5) is 0 Å². The average molecular weight is 461 g/mol. The van der Waals surface area contributed by atoms with Gasteiger partial charge in [-0.25, -0.2) is 9.98 Å². The minimum atomic E-state index is 0. The SMILES string of the molecule is CCNC(=NCc1cccnc1OC)NC1CN(C(C)C)CC1C.I. The maximum Gasteiger partial charge on any atom is 0.218 e. The van der Waals surface area contributed by atoms with Gasteiger partial charge in [0.1, 0.15) is 0 Å². The second-order valence-corrected chi connectivity index (χ2v) is 6.64. The molecule has 0 aromatic carbocycles. The number of pyridine rings is 1. The number of methoxy groups -OCH3 is 1. The standard InChI is InChI=1S/C18H31N5O.HI/c1-6-19-18(21-10-15-8-7-9-20-17(15)24-5)22-16-12-23(13(2)3)11-14(16)4;/h7-9,13-14,16H,6,10-12H2,1-5H3,(H2,19,21,22);1H. The second kappa shape index (κ2) is 10.8. The number of nitrogens with one attached hydrogen (secondary N) is 2. The van der Waals surface area contributed by atoms with E-state index in [0.717, 1.165) is 31.2 Å². The zero-order valence-electron chi connectivity index (χ0n) is 16.0. The highest BCUT2D eigenvalue weighted by Crippen LogP contribution is 2.19. The summed E-state index contributed by atoms with van der Waals surface area (Å²) in [6.45, 7) is 12.5. The Labute approximate surface area is 168 Å². The molecule has 0 radical (unpaired) electrons. The van der Waals surface area contributed by atoms with Gasteiger partial charge in [-0.3, -0.25) is 4.90 Å². The molecule has 2 unspecified atom stereocenters. The van der Waals surface area contributed by atoms with Gasteiger partial charge in [0.25, 0.3) is 0 Å². The number of hydrogen-bond acceptors (Lipinski definition) is 4. The molecule has 0 bridgehead atoms. The number of rotatable bonds is 6. The van der Waals surface area contributed by atoms with E-state index in [4.69, 9.17) is 9.73 Å². The van der Waals surface area contributed by atoms with Crippen molar-refractivity contribution in [3.05, 3.63) is 23.9 Å². The molecule has 2 heterocycles. The fourth-order valence-electron chi connectivity index (χ4n) is 3.00. The van der Waals surface area contributed by atoms with E-state index in [1.807, 2.05) is 12.1 Å². The van der Waals surface area contributed by atoms with Crippen LogP contribution in [0.2, 0.25) is 0 Å².